The molecule has 3 N–H and O–H groups in total. The van der Waals surface area contributed by atoms with E-state index in [0.29, 0.717) is 18.0 Å². The largest absolute Gasteiger partial charge is 0.347 e. The molecular formula is C17H22N2O. The Morgan fingerprint density at radius 1 is 1.45 bits per heavy atom. The summed E-state index contributed by atoms with van der Waals surface area (Å²) in [5.41, 5.74) is 7.85. The van der Waals surface area contributed by atoms with E-state index >= 15 is 0 Å². The van der Waals surface area contributed by atoms with Crippen LogP contribution in [0.15, 0.2) is 18.2 Å². The normalized spacial score (nSPS) is 14.4. The van der Waals surface area contributed by atoms with Gasteiger partial charge in [0.1, 0.15) is 0 Å². The van der Waals surface area contributed by atoms with Crippen molar-refractivity contribution in [3.05, 3.63) is 34.9 Å². The van der Waals surface area contributed by atoms with Gasteiger partial charge in [-0.1, -0.05) is 17.9 Å². The first-order chi connectivity index (χ1) is 9.44. The average Bonchev–Trinajstić information content (AvgIpc) is 3.21. The number of hydrogen-bond acceptors (Lipinski definition) is 2. The van der Waals surface area contributed by atoms with Crippen LogP contribution in [0.3, 0.4) is 0 Å². The Kier molecular flexibility index (Phi) is 4.15. The van der Waals surface area contributed by atoms with Gasteiger partial charge in [0.2, 0.25) is 0 Å². The van der Waals surface area contributed by atoms with Crippen LogP contribution in [0, 0.1) is 24.7 Å². The van der Waals surface area contributed by atoms with Crippen LogP contribution in [0.5, 0.6) is 0 Å². The molecule has 3 nitrogen and oxygen atoms in total. The third-order valence-electron chi connectivity index (χ3n) is 3.86. The van der Waals surface area contributed by atoms with Gasteiger partial charge in [-0.15, -0.1) is 0 Å². The molecule has 0 heterocycles. The van der Waals surface area contributed by atoms with Gasteiger partial charge in [-0.25, -0.2) is 0 Å². The van der Waals surface area contributed by atoms with Crippen LogP contribution in [0.1, 0.15) is 48.2 Å². The van der Waals surface area contributed by atoms with Crippen molar-refractivity contribution in [2.24, 2.45) is 11.7 Å². The van der Waals surface area contributed by atoms with Gasteiger partial charge in [-0.05, 0) is 57.2 Å². The number of nitrogens with one attached hydrogen (secondary N) is 1. The smallest absolute Gasteiger partial charge is 0.251 e. The van der Waals surface area contributed by atoms with Crippen LogP contribution >= 0.6 is 0 Å². The average molecular weight is 270 g/mol. The van der Waals surface area contributed by atoms with Crippen LogP contribution in [0.4, 0.5) is 0 Å². The van der Waals surface area contributed by atoms with Crippen molar-refractivity contribution in [1.82, 2.24) is 5.32 Å². The minimum Gasteiger partial charge on any atom is -0.347 e. The van der Waals surface area contributed by atoms with E-state index in [0.717, 1.165) is 11.1 Å². The molecule has 1 saturated carbocycles. The Hall–Kier alpha value is -1.79. The lowest BCUT2D eigenvalue weighted by Crippen LogP contribution is -2.45. The zero-order valence-corrected chi connectivity index (χ0v) is 12.4. The second kappa shape index (κ2) is 5.68. The Morgan fingerprint density at radius 3 is 2.75 bits per heavy atom. The molecule has 0 aromatic heterocycles. The Labute approximate surface area is 120 Å². The first-order valence-electron chi connectivity index (χ1n) is 7.06. The molecule has 1 amide bonds. The fraction of sp³-hybridized carbons (Fsp3) is 0.471. The summed E-state index contributed by atoms with van der Waals surface area (Å²) in [6, 6.07) is 5.62. The van der Waals surface area contributed by atoms with Crippen LogP contribution in [-0.2, 0) is 0 Å². The van der Waals surface area contributed by atoms with Crippen molar-refractivity contribution in [2.75, 3.05) is 6.54 Å². The Bertz CT molecular complexity index is 574. The number of nitrogens with two attached hydrogens (primary N) is 1. The maximum absolute atomic E-state index is 12.3. The minimum absolute atomic E-state index is 0.0299. The maximum Gasteiger partial charge on any atom is 0.251 e. The standard InChI is InChI=1S/C17H22N2O/c1-12-6-7-14(11-13(12)5-4-10-18)16(20)19-17(2,3)15-8-9-15/h6-7,11,15H,8-10,18H2,1-3H3,(H,19,20). The van der Waals surface area contributed by atoms with E-state index in [4.69, 9.17) is 5.73 Å². The van der Waals surface area contributed by atoms with Crippen molar-refractivity contribution in [1.29, 1.82) is 0 Å². The molecule has 1 aromatic carbocycles. The highest BCUT2D eigenvalue weighted by atomic mass is 16.1. The third-order valence-corrected chi connectivity index (χ3v) is 3.86. The van der Waals surface area contributed by atoms with Gasteiger partial charge in [0.15, 0.2) is 0 Å². The fourth-order valence-electron chi connectivity index (χ4n) is 2.32. The van der Waals surface area contributed by atoms with Gasteiger partial charge < -0.3 is 11.1 Å². The van der Waals surface area contributed by atoms with Crippen molar-refractivity contribution in [3.8, 4) is 11.8 Å². The van der Waals surface area contributed by atoms with Gasteiger partial charge in [0.25, 0.3) is 5.91 Å². The zero-order chi connectivity index (χ0) is 14.8. The molecule has 1 aliphatic rings. The molecular weight excluding hydrogens is 248 g/mol. The quantitative estimate of drug-likeness (QED) is 0.828. The fourth-order valence-corrected chi connectivity index (χ4v) is 2.32. The summed E-state index contributed by atoms with van der Waals surface area (Å²) in [7, 11) is 0. The molecule has 0 unspecified atom stereocenters. The Balaban J connectivity index is 2.17. The van der Waals surface area contributed by atoms with Gasteiger partial charge in [-0.2, -0.15) is 0 Å². The molecule has 1 fully saturated rings. The highest BCUT2D eigenvalue weighted by Crippen LogP contribution is 2.39. The molecule has 0 saturated heterocycles. The van der Waals surface area contributed by atoms with E-state index in [1.165, 1.54) is 12.8 Å². The molecule has 3 heteroatoms. The molecule has 1 aromatic rings. The number of hydrogen-bond donors (Lipinski definition) is 2. The first kappa shape index (κ1) is 14.6. The number of carbonyl (C=O) groups is 1. The summed E-state index contributed by atoms with van der Waals surface area (Å²) in [5, 5.41) is 3.13. The van der Waals surface area contributed by atoms with Gasteiger partial charge in [0, 0.05) is 16.7 Å². The summed E-state index contributed by atoms with van der Waals surface area (Å²) < 4.78 is 0. The topological polar surface area (TPSA) is 55.1 Å². The van der Waals surface area contributed by atoms with Crippen LogP contribution in [0.25, 0.3) is 0 Å². The van der Waals surface area contributed by atoms with E-state index in [-0.39, 0.29) is 11.4 Å². The predicted molar refractivity (Wildman–Crippen MR) is 81.4 cm³/mol. The predicted octanol–water partition coefficient (Wildman–Crippen LogP) is 2.22. The van der Waals surface area contributed by atoms with E-state index < -0.39 is 0 Å². The van der Waals surface area contributed by atoms with Crippen LogP contribution in [0.2, 0.25) is 0 Å². The maximum atomic E-state index is 12.3. The molecule has 1 aliphatic carbocycles. The SMILES string of the molecule is Cc1ccc(C(=O)NC(C)(C)C2CC2)cc1C#CCN. The summed E-state index contributed by atoms with van der Waals surface area (Å²) >= 11 is 0. The molecule has 20 heavy (non-hydrogen) atoms. The lowest BCUT2D eigenvalue weighted by atomic mass is 9.97. The first-order valence-corrected chi connectivity index (χ1v) is 7.06. The molecule has 2 rings (SSSR count). The van der Waals surface area contributed by atoms with Crippen LogP contribution in [-0.4, -0.2) is 18.0 Å². The molecule has 0 radical (unpaired) electrons. The summed E-state index contributed by atoms with van der Waals surface area (Å²) in [4.78, 5) is 12.3. The lowest BCUT2D eigenvalue weighted by molar-refractivity contribution is 0.0903. The number of rotatable bonds is 3. The Morgan fingerprint density at radius 2 is 2.15 bits per heavy atom. The van der Waals surface area contributed by atoms with Crippen molar-refractivity contribution in [2.45, 2.75) is 39.2 Å². The highest BCUT2D eigenvalue weighted by Gasteiger charge is 2.38. The molecule has 0 aliphatic heterocycles. The monoisotopic (exact) mass is 270 g/mol. The lowest BCUT2D eigenvalue weighted by Gasteiger charge is -2.26. The molecule has 0 bridgehead atoms. The second-order valence-corrected chi connectivity index (χ2v) is 5.99. The van der Waals surface area contributed by atoms with E-state index in [2.05, 4.69) is 31.0 Å². The molecule has 106 valence electrons. The summed E-state index contributed by atoms with van der Waals surface area (Å²) in [6.07, 6.45) is 2.41. The number of aryl methyl sites for hydroxylation is 1. The number of amides is 1. The third kappa shape index (κ3) is 3.40. The zero-order valence-electron chi connectivity index (χ0n) is 12.4. The van der Waals surface area contributed by atoms with Crippen molar-refractivity contribution < 1.29 is 4.79 Å². The molecule has 0 atom stereocenters. The van der Waals surface area contributed by atoms with E-state index in [1.807, 2.05) is 25.1 Å². The summed E-state index contributed by atoms with van der Waals surface area (Å²) in [5.74, 6) is 6.42. The second-order valence-electron chi connectivity index (χ2n) is 5.99. The van der Waals surface area contributed by atoms with E-state index in [9.17, 15) is 4.79 Å². The van der Waals surface area contributed by atoms with Crippen molar-refractivity contribution >= 4 is 5.91 Å². The van der Waals surface area contributed by atoms with Crippen LogP contribution < -0.4 is 11.1 Å². The summed E-state index contributed by atoms with van der Waals surface area (Å²) in [6.45, 7) is 6.48. The number of benzene rings is 1. The van der Waals surface area contributed by atoms with Gasteiger partial charge in [0.05, 0.1) is 6.54 Å². The number of carbonyl (C=O) groups excluding carboxylic acids is 1. The highest BCUT2D eigenvalue weighted by molar-refractivity contribution is 5.95. The van der Waals surface area contributed by atoms with Crippen molar-refractivity contribution in [3.63, 3.8) is 0 Å². The molecule has 0 spiro atoms. The van der Waals surface area contributed by atoms with E-state index in [1.54, 1.807) is 0 Å². The minimum atomic E-state index is -0.134. The van der Waals surface area contributed by atoms with Gasteiger partial charge >= 0.3 is 0 Å². The van der Waals surface area contributed by atoms with Gasteiger partial charge in [-0.3, -0.25) is 4.79 Å².